The average Bonchev–Trinajstić information content (AvgIpc) is 2.19. The Morgan fingerprint density at radius 1 is 1.59 bits per heavy atom. The van der Waals surface area contributed by atoms with Crippen LogP contribution in [-0.4, -0.2) is 41.9 Å². The maximum Gasteiger partial charge on any atom is 0.410 e. The fourth-order valence-corrected chi connectivity index (χ4v) is 1.57. The maximum atomic E-state index is 13.4. The molecule has 1 aliphatic heterocycles. The highest BCUT2D eigenvalue weighted by molar-refractivity contribution is 5.68. The number of piperidine rings is 1. The molecule has 0 aromatic carbocycles. The lowest BCUT2D eigenvalue weighted by atomic mass is 10.1. The molecule has 0 aromatic rings. The van der Waals surface area contributed by atoms with Gasteiger partial charge in [-0.15, -0.1) is 0 Å². The average molecular weight is 244 g/mol. The monoisotopic (exact) mass is 244 g/mol. The third-order valence-corrected chi connectivity index (χ3v) is 2.35. The lowest BCUT2D eigenvalue weighted by molar-refractivity contribution is 0.0139. The summed E-state index contributed by atoms with van der Waals surface area (Å²) in [6, 6.07) is -0.818. The number of hydrogen-bond donors (Lipinski definition) is 0. The molecule has 0 radical (unpaired) electrons. The van der Waals surface area contributed by atoms with E-state index in [2.05, 4.69) is 10.0 Å². The van der Waals surface area contributed by atoms with Crippen LogP contribution < -0.4 is 0 Å². The van der Waals surface area contributed by atoms with Crippen LogP contribution >= 0.6 is 0 Å². The topological polar surface area (TPSA) is 78.3 Å². The number of carbonyl (C=O) groups excluding carboxylic acids is 1. The van der Waals surface area contributed by atoms with Crippen molar-refractivity contribution in [2.24, 2.45) is 5.11 Å². The highest BCUT2D eigenvalue weighted by atomic mass is 19.1. The molecule has 1 heterocycles. The molecule has 6 nitrogen and oxygen atoms in total. The van der Waals surface area contributed by atoms with Gasteiger partial charge in [0, 0.05) is 18.0 Å². The van der Waals surface area contributed by atoms with Gasteiger partial charge in [0.2, 0.25) is 0 Å². The molecule has 17 heavy (non-hydrogen) atoms. The van der Waals surface area contributed by atoms with Crippen molar-refractivity contribution in [1.29, 1.82) is 0 Å². The number of alkyl halides is 1. The van der Waals surface area contributed by atoms with E-state index in [9.17, 15) is 9.18 Å². The first-order valence-electron chi connectivity index (χ1n) is 5.49. The number of amides is 1. The molecular weight excluding hydrogens is 227 g/mol. The number of hydrogen-bond acceptors (Lipinski definition) is 3. The highest BCUT2D eigenvalue weighted by Crippen LogP contribution is 2.19. The van der Waals surface area contributed by atoms with Crippen molar-refractivity contribution in [3.8, 4) is 0 Å². The first-order valence-corrected chi connectivity index (χ1v) is 5.49. The first kappa shape index (κ1) is 13.6. The van der Waals surface area contributed by atoms with Gasteiger partial charge in [-0.3, -0.25) is 0 Å². The molecule has 1 fully saturated rings. The molecule has 0 saturated carbocycles. The predicted octanol–water partition coefficient (Wildman–Crippen LogP) is 2.64. The molecule has 0 spiro atoms. The zero-order valence-electron chi connectivity index (χ0n) is 10.3. The first-order chi connectivity index (χ1) is 7.83. The number of ether oxygens (including phenoxy) is 1. The van der Waals surface area contributed by atoms with Crippen molar-refractivity contribution in [3.63, 3.8) is 0 Å². The number of rotatable bonds is 1. The quantitative estimate of drug-likeness (QED) is 0.404. The van der Waals surface area contributed by atoms with E-state index < -0.39 is 23.9 Å². The van der Waals surface area contributed by atoms with Crippen molar-refractivity contribution >= 4 is 6.09 Å². The van der Waals surface area contributed by atoms with E-state index in [4.69, 9.17) is 10.3 Å². The minimum atomic E-state index is -1.19. The van der Waals surface area contributed by atoms with E-state index in [1.165, 1.54) is 4.90 Å². The molecule has 7 heteroatoms. The number of nitrogens with zero attached hydrogens (tertiary/aromatic N) is 4. The fraction of sp³-hybridized carbons (Fsp3) is 0.900. The molecule has 1 amide bonds. The summed E-state index contributed by atoms with van der Waals surface area (Å²) >= 11 is 0. The molecular formula is C10H17FN4O2. The Kier molecular flexibility index (Phi) is 4.17. The van der Waals surface area contributed by atoms with E-state index in [1.807, 2.05) is 0 Å². The number of likely N-dealkylation sites (tertiary alicyclic amines) is 1. The van der Waals surface area contributed by atoms with Crippen LogP contribution in [-0.2, 0) is 4.74 Å². The van der Waals surface area contributed by atoms with Gasteiger partial charge in [-0.2, -0.15) is 0 Å². The standard InChI is InChI=1S/C10H17FN4O2/c1-10(2,3)17-9(16)15-5-4-7(11)8(6-15)13-14-12/h7-8H,4-6H2,1-3H3. The van der Waals surface area contributed by atoms with E-state index in [-0.39, 0.29) is 19.5 Å². The summed E-state index contributed by atoms with van der Waals surface area (Å²) in [5, 5.41) is 3.35. The summed E-state index contributed by atoms with van der Waals surface area (Å²) in [6.45, 7) is 5.64. The zero-order valence-corrected chi connectivity index (χ0v) is 10.3. The van der Waals surface area contributed by atoms with Gasteiger partial charge < -0.3 is 9.64 Å². The molecule has 0 aromatic heterocycles. The van der Waals surface area contributed by atoms with Crippen LogP contribution in [0.3, 0.4) is 0 Å². The molecule has 0 N–H and O–H groups in total. The molecule has 96 valence electrons. The SMILES string of the molecule is CC(C)(C)OC(=O)N1CCC(F)C(N=[N+]=[N-])C1. The lowest BCUT2D eigenvalue weighted by Crippen LogP contribution is -2.48. The van der Waals surface area contributed by atoms with Crippen LogP contribution in [0.1, 0.15) is 27.2 Å². The van der Waals surface area contributed by atoms with Gasteiger partial charge in [0.15, 0.2) is 0 Å². The minimum absolute atomic E-state index is 0.0696. The van der Waals surface area contributed by atoms with Crippen molar-refractivity contribution in [2.45, 2.75) is 45.0 Å². The van der Waals surface area contributed by atoms with Crippen LogP contribution in [0.15, 0.2) is 5.11 Å². The third-order valence-electron chi connectivity index (χ3n) is 2.35. The number of azide groups is 1. The van der Waals surface area contributed by atoms with Crippen LogP contribution in [0.5, 0.6) is 0 Å². The molecule has 1 rings (SSSR count). The Morgan fingerprint density at radius 2 is 2.24 bits per heavy atom. The van der Waals surface area contributed by atoms with Crippen molar-refractivity contribution in [1.82, 2.24) is 4.90 Å². The summed E-state index contributed by atoms with van der Waals surface area (Å²) in [7, 11) is 0. The highest BCUT2D eigenvalue weighted by Gasteiger charge is 2.32. The van der Waals surface area contributed by atoms with Gasteiger partial charge >= 0.3 is 6.09 Å². The second-order valence-corrected chi connectivity index (χ2v) is 5.00. The maximum absolute atomic E-state index is 13.4. The molecule has 1 saturated heterocycles. The summed E-state index contributed by atoms with van der Waals surface area (Å²) in [5.74, 6) is 0. The number of halogens is 1. The van der Waals surface area contributed by atoms with Gasteiger partial charge in [0.1, 0.15) is 11.8 Å². The van der Waals surface area contributed by atoms with Crippen molar-refractivity contribution in [3.05, 3.63) is 10.4 Å². The third kappa shape index (κ3) is 4.11. The van der Waals surface area contributed by atoms with Crippen LogP contribution in [0.2, 0.25) is 0 Å². The van der Waals surface area contributed by atoms with Crippen molar-refractivity contribution < 1.29 is 13.9 Å². The van der Waals surface area contributed by atoms with Gasteiger partial charge in [-0.25, -0.2) is 9.18 Å². The van der Waals surface area contributed by atoms with Gasteiger partial charge in [0.25, 0.3) is 0 Å². The molecule has 1 aliphatic rings. The van der Waals surface area contributed by atoms with E-state index in [0.29, 0.717) is 0 Å². The molecule has 0 bridgehead atoms. The van der Waals surface area contributed by atoms with E-state index >= 15 is 0 Å². The Balaban J connectivity index is 2.61. The Morgan fingerprint density at radius 3 is 2.76 bits per heavy atom. The van der Waals surface area contributed by atoms with Gasteiger partial charge in [-0.05, 0) is 32.7 Å². The summed E-state index contributed by atoms with van der Waals surface area (Å²) < 4.78 is 18.5. The second kappa shape index (κ2) is 5.23. The fourth-order valence-electron chi connectivity index (χ4n) is 1.57. The minimum Gasteiger partial charge on any atom is -0.444 e. The van der Waals surface area contributed by atoms with Crippen LogP contribution in [0, 0.1) is 0 Å². The second-order valence-electron chi connectivity index (χ2n) is 5.00. The normalized spacial score (nSPS) is 25.1. The number of carbonyl (C=O) groups is 1. The summed E-state index contributed by atoms with van der Waals surface area (Å²) in [6.07, 6.45) is -1.52. The molecule has 0 aliphatic carbocycles. The Bertz CT molecular complexity index is 336. The zero-order chi connectivity index (χ0) is 13.1. The lowest BCUT2D eigenvalue weighted by Gasteiger charge is -2.34. The summed E-state index contributed by atoms with van der Waals surface area (Å²) in [4.78, 5) is 15.7. The van der Waals surface area contributed by atoms with Crippen LogP contribution in [0.25, 0.3) is 10.4 Å². The van der Waals surface area contributed by atoms with E-state index in [1.54, 1.807) is 20.8 Å². The molecule has 2 atom stereocenters. The summed E-state index contributed by atoms with van der Waals surface area (Å²) in [5.41, 5.74) is 7.72. The van der Waals surface area contributed by atoms with Crippen LogP contribution in [0.4, 0.5) is 9.18 Å². The van der Waals surface area contributed by atoms with Gasteiger partial charge in [-0.1, -0.05) is 5.11 Å². The smallest absolute Gasteiger partial charge is 0.410 e. The van der Waals surface area contributed by atoms with Crippen molar-refractivity contribution in [2.75, 3.05) is 13.1 Å². The molecule has 2 unspecified atom stereocenters. The Labute approximate surface area is 99.4 Å². The van der Waals surface area contributed by atoms with E-state index in [0.717, 1.165) is 0 Å². The predicted molar refractivity (Wildman–Crippen MR) is 60.3 cm³/mol. The van der Waals surface area contributed by atoms with Gasteiger partial charge in [0.05, 0.1) is 6.04 Å². The Hall–Kier alpha value is -1.49. The largest absolute Gasteiger partial charge is 0.444 e.